The number of hydrogen-bond acceptors (Lipinski definition) is 3. The Kier molecular flexibility index (Phi) is 4.08. The van der Waals surface area contributed by atoms with Crippen molar-refractivity contribution in [2.45, 2.75) is 19.4 Å². The minimum absolute atomic E-state index is 0.208. The van der Waals surface area contributed by atoms with Crippen LogP contribution in [0, 0.1) is 6.92 Å². The van der Waals surface area contributed by atoms with Crippen LogP contribution in [0.15, 0.2) is 65.9 Å². The Labute approximate surface area is 139 Å². The molecule has 0 bridgehead atoms. The third-order valence-electron chi connectivity index (χ3n) is 4.08. The lowest BCUT2D eigenvalue weighted by Gasteiger charge is -2.27. The molecule has 0 saturated heterocycles. The molecule has 3 rings (SSSR count). The first-order valence-electron chi connectivity index (χ1n) is 7.58. The molecule has 1 unspecified atom stereocenters. The summed E-state index contributed by atoms with van der Waals surface area (Å²) in [5, 5.41) is 19.4. The van der Waals surface area contributed by atoms with E-state index in [-0.39, 0.29) is 12.0 Å². The minimum atomic E-state index is -1.09. The molecular formula is C19H17NO4. The first-order valence-corrected chi connectivity index (χ1v) is 7.58. The Morgan fingerprint density at radius 2 is 1.71 bits per heavy atom. The number of carbonyl (C=O) groups is 2. The monoisotopic (exact) mass is 323 g/mol. The number of aliphatic hydroxyl groups is 1. The molecule has 122 valence electrons. The highest BCUT2D eigenvalue weighted by molar-refractivity contribution is 6.09. The lowest BCUT2D eigenvalue weighted by atomic mass is 9.96. The molecule has 0 radical (unpaired) electrons. The van der Waals surface area contributed by atoms with Crippen molar-refractivity contribution in [2.24, 2.45) is 0 Å². The smallest absolute Gasteiger partial charge is 0.307 e. The lowest BCUT2D eigenvalue weighted by Crippen LogP contribution is -2.30. The van der Waals surface area contributed by atoms with Crippen LogP contribution < -0.4 is 4.90 Å². The number of hydrogen-bond donors (Lipinski definition) is 2. The van der Waals surface area contributed by atoms with Crippen molar-refractivity contribution in [3.05, 3.63) is 77.1 Å². The molecular weight excluding hydrogens is 306 g/mol. The predicted octanol–water partition coefficient (Wildman–Crippen LogP) is 3.37. The van der Waals surface area contributed by atoms with Crippen LogP contribution in [0.2, 0.25) is 0 Å². The number of aliphatic carboxylic acids is 1. The molecule has 1 aliphatic heterocycles. The standard InChI is InChI=1S/C19H17NO4/c1-12-7-9-14(10-8-12)20-17(13-5-3-2-4-6-13)15(11-16(21)22)18(23)19(20)24/h2-10,17,23H,11H2,1H3,(H,21,22). The van der Waals surface area contributed by atoms with Gasteiger partial charge in [-0.25, -0.2) is 0 Å². The maximum absolute atomic E-state index is 12.6. The topological polar surface area (TPSA) is 77.8 Å². The molecule has 2 aromatic rings. The molecule has 0 fully saturated rings. The van der Waals surface area contributed by atoms with E-state index < -0.39 is 23.7 Å². The van der Waals surface area contributed by atoms with Crippen LogP contribution in [0.3, 0.4) is 0 Å². The van der Waals surface area contributed by atoms with Crippen LogP contribution in [0.25, 0.3) is 0 Å². The largest absolute Gasteiger partial charge is 0.503 e. The summed E-state index contributed by atoms with van der Waals surface area (Å²) in [4.78, 5) is 25.2. The highest BCUT2D eigenvalue weighted by Crippen LogP contribution is 2.41. The van der Waals surface area contributed by atoms with Crippen LogP contribution in [0.4, 0.5) is 5.69 Å². The maximum atomic E-state index is 12.6. The van der Waals surface area contributed by atoms with Gasteiger partial charge in [0.15, 0.2) is 5.76 Å². The number of anilines is 1. The molecule has 0 aromatic heterocycles. The summed E-state index contributed by atoms with van der Waals surface area (Å²) in [5.41, 5.74) is 2.63. The zero-order valence-corrected chi connectivity index (χ0v) is 13.1. The summed E-state index contributed by atoms with van der Waals surface area (Å²) in [5.74, 6) is -2.15. The van der Waals surface area contributed by atoms with Crippen molar-refractivity contribution in [3.63, 3.8) is 0 Å². The summed E-state index contributed by atoms with van der Waals surface area (Å²) >= 11 is 0. The van der Waals surface area contributed by atoms with Crippen LogP contribution in [-0.2, 0) is 9.59 Å². The summed E-state index contributed by atoms with van der Waals surface area (Å²) in [7, 11) is 0. The fraction of sp³-hybridized carbons (Fsp3) is 0.158. The predicted molar refractivity (Wildman–Crippen MR) is 89.8 cm³/mol. The van der Waals surface area contributed by atoms with E-state index in [0.717, 1.165) is 11.1 Å². The molecule has 0 spiro atoms. The number of carbonyl (C=O) groups excluding carboxylic acids is 1. The molecule has 1 heterocycles. The summed E-state index contributed by atoms with van der Waals surface area (Å²) < 4.78 is 0. The molecule has 24 heavy (non-hydrogen) atoms. The van der Waals surface area contributed by atoms with Gasteiger partial charge >= 0.3 is 5.97 Å². The number of nitrogens with zero attached hydrogens (tertiary/aromatic N) is 1. The average molecular weight is 323 g/mol. The van der Waals surface area contributed by atoms with E-state index >= 15 is 0 Å². The average Bonchev–Trinajstić information content (AvgIpc) is 2.81. The third kappa shape index (κ3) is 2.76. The number of aliphatic hydroxyl groups excluding tert-OH is 1. The molecule has 0 saturated carbocycles. The van der Waals surface area contributed by atoms with E-state index in [1.807, 2.05) is 49.4 Å². The van der Waals surface area contributed by atoms with Gasteiger partial charge in [0.2, 0.25) is 0 Å². The van der Waals surface area contributed by atoms with Crippen LogP contribution in [-0.4, -0.2) is 22.1 Å². The van der Waals surface area contributed by atoms with Gasteiger partial charge in [-0.3, -0.25) is 14.5 Å². The molecule has 1 atom stereocenters. The van der Waals surface area contributed by atoms with Crippen molar-refractivity contribution in [2.75, 3.05) is 4.90 Å². The summed E-state index contributed by atoms with van der Waals surface area (Å²) in [6.07, 6.45) is -0.389. The molecule has 1 amide bonds. The lowest BCUT2D eigenvalue weighted by molar-refractivity contribution is -0.136. The first-order chi connectivity index (χ1) is 11.5. The normalized spacial score (nSPS) is 17.5. The summed E-state index contributed by atoms with van der Waals surface area (Å²) in [6, 6.07) is 15.8. The number of carboxylic acid groups (broad SMARTS) is 1. The Morgan fingerprint density at radius 3 is 2.29 bits per heavy atom. The van der Waals surface area contributed by atoms with Crippen LogP contribution in [0.1, 0.15) is 23.6 Å². The second kappa shape index (κ2) is 6.20. The number of benzene rings is 2. The number of carboxylic acids is 1. The van der Waals surface area contributed by atoms with Gasteiger partial charge in [-0.15, -0.1) is 0 Å². The highest BCUT2D eigenvalue weighted by atomic mass is 16.4. The van der Waals surface area contributed by atoms with E-state index in [1.165, 1.54) is 4.90 Å². The van der Waals surface area contributed by atoms with Gasteiger partial charge in [0.1, 0.15) is 0 Å². The Bertz CT molecular complexity index is 809. The van der Waals surface area contributed by atoms with E-state index in [0.29, 0.717) is 5.69 Å². The van der Waals surface area contributed by atoms with Gasteiger partial charge in [-0.1, -0.05) is 48.0 Å². The number of aryl methyl sites for hydroxylation is 1. The van der Waals surface area contributed by atoms with E-state index in [4.69, 9.17) is 5.11 Å². The van der Waals surface area contributed by atoms with Crippen LogP contribution >= 0.6 is 0 Å². The van der Waals surface area contributed by atoms with Gasteiger partial charge in [-0.2, -0.15) is 0 Å². The second-order valence-corrected chi connectivity index (χ2v) is 5.77. The molecule has 5 nitrogen and oxygen atoms in total. The van der Waals surface area contributed by atoms with E-state index in [9.17, 15) is 14.7 Å². The zero-order chi connectivity index (χ0) is 17.3. The van der Waals surface area contributed by atoms with Gasteiger partial charge < -0.3 is 10.2 Å². The molecule has 5 heteroatoms. The van der Waals surface area contributed by atoms with Crippen molar-refractivity contribution < 1.29 is 19.8 Å². The van der Waals surface area contributed by atoms with Crippen molar-refractivity contribution >= 4 is 17.6 Å². The minimum Gasteiger partial charge on any atom is -0.503 e. The van der Waals surface area contributed by atoms with Gasteiger partial charge in [-0.05, 0) is 24.6 Å². The van der Waals surface area contributed by atoms with Crippen molar-refractivity contribution in [1.82, 2.24) is 0 Å². The molecule has 1 aliphatic rings. The number of rotatable bonds is 4. The van der Waals surface area contributed by atoms with E-state index in [2.05, 4.69) is 0 Å². The third-order valence-corrected chi connectivity index (χ3v) is 4.08. The Hall–Kier alpha value is -3.08. The zero-order valence-electron chi connectivity index (χ0n) is 13.1. The summed E-state index contributed by atoms with van der Waals surface area (Å²) in [6.45, 7) is 1.94. The molecule has 2 aromatic carbocycles. The maximum Gasteiger partial charge on any atom is 0.307 e. The molecule has 0 aliphatic carbocycles. The fourth-order valence-electron chi connectivity index (χ4n) is 2.95. The highest BCUT2D eigenvalue weighted by Gasteiger charge is 2.41. The quantitative estimate of drug-likeness (QED) is 0.904. The SMILES string of the molecule is Cc1ccc(N2C(=O)C(O)=C(CC(=O)O)C2c2ccccc2)cc1. The van der Waals surface area contributed by atoms with Gasteiger partial charge in [0.05, 0.1) is 12.5 Å². The Balaban J connectivity index is 2.12. The fourth-order valence-corrected chi connectivity index (χ4v) is 2.95. The second-order valence-electron chi connectivity index (χ2n) is 5.77. The van der Waals surface area contributed by atoms with Gasteiger partial charge in [0, 0.05) is 11.3 Å². The van der Waals surface area contributed by atoms with Gasteiger partial charge in [0.25, 0.3) is 5.91 Å². The number of amides is 1. The van der Waals surface area contributed by atoms with Crippen molar-refractivity contribution in [1.29, 1.82) is 0 Å². The van der Waals surface area contributed by atoms with Crippen molar-refractivity contribution in [3.8, 4) is 0 Å². The Morgan fingerprint density at radius 1 is 1.08 bits per heavy atom. The van der Waals surface area contributed by atoms with E-state index in [1.54, 1.807) is 12.1 Å². The molecule has 2 N–H and O–H groups in total. The van der Waals surface area contributed by atoms with Crippen LogP contribution in [0.5, 0.6) is 0 Å². The first kappa shape index (κ1) is 15.8.